The number of carboxylic acid groups (broad SMARTS) is 1. The highest BCUT2D eigenvalue weighted by atomic mass is 16.4. The molecule has 0 spiro atoms. The van der Waals surface area contributed by atoms with Gasteiger partial charge in [-0.05, 0) is 12.1 Å². The monoisotopic (exact) mass is 183 g/mol. The zero-order valence-electron chi connectivity index (χ0n) is 7.40. The fourth-order valence-corrected chi connectivity index (χ4v) is 0.488. The number of para-hydroxylation sites is 2. The molecule has 0 aliphatic rings. The second kappa shape index (κ2) is 5.88. The molecular weight excluding hydrogens is 170 g/mol. The number of aromatic hydroxyl groups is 1. The standard InChI is InChI=1S/C6H7NO.C3H6O2/c7-5-3-1-2-4-6(5)8;1-2-3(4)5/h1-4,8H,7H2;2H2,1H3,(H,4,5). The zero-order valence-corrected chi connectivity index (χ0v) is 7.40. The number of phenolic OH excluding ortho intramolecular Hbond substituents is 1. The van der Waals surface area contributed by atoms with E-state index in [4.69, 9.17) is 15.9 Å². The van der Waals surface area contributed by atoms with Gasteiger partial charge < -0.3 is 15.9 Å². The average Bonchev–Trinajstić information content (AvgIpc) is 2.11. The summed E-state index contributed by atoms with van der Waals surface area (Å²) in [5.74, 6) is -0.600. The van der Waals surface area contributed by atoms with Gasteiger partial charge in [0, 0.05) is 6.42 Å². The molecule has 0 aromatic heterocycles. The Hall–Kier alpha value is -1.71. The molecule has 0 amide bonds. The zero-order chi connectivity index (χ0) is 10.3. The van der Waals surface area contributed by atoms with E-state index in [2.05, 4.69) is 0 Å². The van der Waals surface area contributed by atoms with Gasteiger partial charge in [-0.25, -0.2) is 0 Å². The first kappa shape index (κ1) is 11.3. The molecule has 0 saturated heterocycles. The number of nitrogen functional groups attached to an aromatic ring is 1. The topological polar surface area (TPSA) is 83.5 Å². The fourth-order valence-electron chi connectivity index (χ4n) is 0.488. The largest absolute Gasteiger partial charge is 0.506 e. The summed E-state index contributed by atoms with van der Waals surface area (Å²) in [5, 5.41) is 16.5. The molecule has 0 unspecified atom stereocenters. The van der Waals surface area contributed by atoms with Crippen molar-refractivity contribution in [1.82, 2.24) is 0 Å². The molecule has 4 N–H and O–H groups in total. The van der Waals surface area contributed by atoms with E-state index in [9.17, 15) is 4.79 Å². The highest BCUT2D eigenvalue weighted by molar-refractivity contribution is 5.66. The van der Waals surface area contributed by atoms with Crippen LogP contribution >= 0.6 is 0 Å². The molecular formula is C9H13NO3. The molecule has 1 aromatic carbocycles. The van der Waals surface area contributed by atoms with Crippen molar-refractivity contribution in [3.63, 3.8) is 0 Å². The number of hydrogen-bond donors (Lipinski definition) is 3. The third kappa shape index (κ3) is 5.55. The summed E-state index contributed by atoms with van der Waals surface area (Å²) in [6.45, 7) is 1.60. The molecule has 1 rings (SSSR count). The van der Waals surface area contributed by atoms with Crippen LogP contribution in [-0.4, -0.2) is 16.2 Å². The normalized spacial score (nSPS) is 8.38. The number of benzene rings is 1. The van der Waals surface area contributed by atoms with Crippen LogP contribution in [0.2, 0.25) is 0 Å². The second-order valence-electron chi connectivity index (χ2n) is 2.31. The van der Waals surface area contributed by atoms with Gasteiger partial charge in [-0.2, -0.15) is 0 Å². The average molecular weight is 183 g/mol. The van der Waals surface area contributed by atoms with E-state index in [1.807, 2.05) is 0 Å². The molecule has 4 nitrogen and oxygen atoms in total. The van der Waals surface area contributed by atoms with Crippen LogP contribution in [-0.2, 0) is 4.79 Å². The maximum Gasteiger partial charge on any atom is 0.303 e. The summed E-state index contributed by atoms with van der Waals surface area (Å²) in [6.07, 6.45) is 0.222. The van der Waals surface area contributed by atoms with Gasteiger partial charge in [0.2, 0.25) is 0 Å². The Balaban J connectivity index is 0.000000252. The maximum atomic E-state index is 9.37. The van der Waals surface area contributed by atoms with Crippen molar-refractivity contribution in [3.05, 3.63) is 24.3 Å². The van der Waals surface area contributed by atoms with Crippen LogP contribution in [0.4, 0.5) is 5.69 Å². The van der Waals surface area contributed by atoms with E-state index < -0.39 is 5.97 Å². The van der Waals surface area contributed by atoms with Crippen LogP contribution in [0.3, 0.4) is 0 Å². The molecule has 0 saturated carbocycles. The van der Waals surface area contributed by atoms with Gasteiger partial charge in [0.1, 0.15) is 5.75 Å². The van der Waals surface area contributed by atoms with Crippen molar-refractivity contribution in [3.8, 4) is 5.75 Å². The first-order valence-electron chi connectivity index (χ1n) is 3.83. The van der Waals surface area contributed by atoms with Gasteiger partial charge in [0.15, 0.2) is 0 Å². The Morgan fingerprint density at radius 1 is 1.46 bits per heavy atom. The molecule has 0 atom stereocenters. The smallest absolute Gasteiger partial charge is 0.303 e. The van der Waals surface area contributed by atoms with Crippen molar-refractivity contribution in [2.75, 3.05) is 5.73 Å². The second-order valence-corrected chi connectivity index (χ2v) is 2.31. The molecule has 4 heteroatoms. The van der Waals surface area contributed by atoms with Crippen LogP contribution in [0.1, 0.15) is 13.3 Å². The maximum absolute atomic E-state index is 9.37. The summed E-state index contributed by atoms with van der Waals surface area (Å²) in [6, 6.07) is 6.70. The number of carboxylic acids is 1. The van der Waals surface area contributed by atoms with Gasteiger partial charge in [0.05, 0.1) is 5.69 Å². The molecule has 1 aromatic rings. The van der Waals surface area contributed by atoms with E-state index in [0.717, 1.165) is 0 Å². The summed E-state index contributed by atoms with van der Waals surface area (Å²) in [7, 11) is 0. The summed E-state index contributed by atoms with van der Waals surface area (Å²) in [4.78, 5) is 9.37. The van der Waals surface area contributed by atoms with E-state index in [1.165, 1.54) is 0 Å². The molecule has 0 fully saturated rings. The minimum absolute atomic E-state index is 0.146. The van der Waals surface area contributed by atoms with Crippen molar-refractivity contribution in [2.24, 2.45) is 0 Å². The van der Waals surface area contributed by atoms with Gasteiger partial charge in [0.25, 0.3) is 0 Å². The fraction of sp³-hybridized carbons (Fsp3) is 0.222. The van der Waals surface area contributed by atoms with Gasteiger partial charge >= 0.3 is 5.97 Å². The van der Waals surface area contributed by atoms with Crippen LogP contribution in [0.5, 0.6) is 5.75 Å². The molecule has 0 aliphatic heterocycles. The minimum Gasteiger partial charge on any atom is -0.506 e. The predicted octanol–water partition coefficient (Wildman–Crippen LogP) is 1.46. The Kier molecular flexibility index (Phi) is 5.11. The highest BCUT2D eigenvalue weighted by Gasteiger charge is 1.87. The van der Waals surface area contributed by atoms with Crippen molar-refractivity contribution >= 4 is 11.7 Å². The number of rotatable bonds is 1. The number of hydrogen-bond acceptors (Lipinski definition) is 3. The molecule has 13 heavy (non-hydrogen) atoms. The number of aliphatic carboxylic acids is 1. The Morgan fingerprint density at radius 3 is 2.15 bits per heavy atom. The Morgan fingerprint density at radius 2 is 1.92 bits per heavy atom. The third-order valence-electron chi connectivity index (χ3n) is 1.24. The minimum atomic E-state index is -0.745. The lowest BCUT2D eigenvalue weighted by atomic mass is 10.3. The van der Waals surface area contributed by atoms with Crippen molar-refractivity contribution < 1.29 is 15.0 Å². The van der Waals surface area contributed by atoms with E-state index >= 15 is 0 Å². The highest BCUT2D eigenvalue weighted by Crippen LogP contribution is 2.16. The number of anilines is 1. The number of nitrogens with two attached hydrogens (primary N) is 1. The first-order chi connectivity index (χ1) is 6.07. The van der Waals surface area contributed by atoms with Crippen LogP contribution < -0.4 is 5.73 Å². The Bertz CT molecular complexity index is 252. The first-order valence-corrected chi connectivity index (χ1v) is 3.83. The SMILES string of the molecule is CCC(=O)O.Nc1ccccc1O. The van der Waals surface area contributed by atoms with Crippen LogP contribution in [0, 0.1) is 0 Å². The van der Waals surface area contributed by atoms with E-state index in [-0.39, 0.29) is 12.2 Å². The quantitative estimate of drug-likeness (QED) is 0.454. The molecule has 0 bridgehead atoms. The van der Waals surface area contributed by atoms with E-state index in [1.54, 1.807) is 31.2 Å². The lowest BCUT2D eigenvalue weighted by molar-refractivity contribution is -0.136. The van der Waals surface area contributed by atoms with E-state index in [0.29, 0.717) is 5.69 Å². The van der Waals surface area contributed by atoms with Gasteiger partial charge in [-0.1, -0.05) is 19.1 Å². The summed E-state index contributed by atoms with van der Waals surface area (Å²) >= 11 is 0. The Labute approximate surface area is 76.6 Å². The molecule has 72 valence electrons. The lowest BCUT2D eigenvalue weighted by Crippen LogP contribution is -1.86. The third-order valence-corrected chi connectivity index (χ3v) is 1.24. The summed E-state index contributed by atoms with van der Waals surface area (Å²) < 4.78 is 0. The van der Waals surface area contributed by atoms with Crippen molar-refractivity contribution in [1.29, 1.82) is 0 Å². The van der Waals surface area contributed by atoms with Crippen LogP contribution in [0.15, 0.2) is 24.3 Å². The number of carbonyl (C=O) groups is 1. The lowest BCUT2D eigenvalue weighted by Gasteiger charge is -1.92. The van der Waals surface area contributed by atoms with Gasteiger partial charge in [-0.15, -0.1) is 0 Å². The molecule has 0 aliphatic carbocycles. The van der Waals surface area contributed by atoms with Gasteiger partial charge in [-0.3, -0.25) is 4.79 Å². The predicted molar refractivity (Wildman–Crippen MR) is 50.4 cm³/mol. The number of phenols is 1. The van der Waals surface area contributed by atoms with Crippen molar-refractivity contribution in [2.45, 2.75) is 13.3 Å². The summed E-state index contributed by atoms with van der Waals surface area (Å²) in [5.41, 5.74) is 5.69. The molecule has 0 radical (unpaired) electrons. The molecule has 0 heterocycles. The van der Waals surface area contributed by atoms with Crippen LogP contribution in [0.25, 0.3) is 0 Å².